The zero-order valence-electron chi connectivity index (χ0n) is 8.23. The van der Waals surface area contributed by atoms with E-state index in [0.29, 0.717) is 11.7 Å². The first kappa shape index (κ1) is 11.3. The quantitative estimate of drug-likeness (QED) is 0.337. The van der Waals surface area contributed by atoms with Crippen LogP contribution in [0.3, 0.4) is 0 Å². The molecule has 1 aromatic rings. The summed E-state index contributed by atoms with van der Waals surface area (Å²) in [5.41, 5.74) is 3.69. The molecule has 0 aliphatic carbocycles. The van der Waals surface area contributed by atoms with E-state index in [-0.39, 0.29) is 0 Å². The number of pyridine rings is 1. The maximum atomic E-state index is 4.94. The number of thiocarbonyl (C=S) groups is 1. The van der Waals surface area contributed by atoms with E-state index >= 15 is 0 Å². The van der Waals surface area contributed by atoms with Crippen molar-refractivity contribution >= 4 is 23.5 Å². The number of aromatic nitrogens is 1. The van der Waals surface area contributed by atoms with Gasteiger partial charge in [0.1, 0.15) is 0 Å². The van der Waals surface area contributed by atoms with Gasteiger partial charge < -0.3 is 5.32 Å². The lowest BCUT2D eigenvalue weighted by Gasteiger charge is -2.02. The molecule has 0 atom stereocenters. The number of aromatic amines is 1. The molecule has 0 aliphatic rings. The fraction of sp³-hybridized carbons (Fsp3) is 0.100. The molecule has 3 N–H and O–H groups in total. The molecule has 0 aliphatic heterocycles. The lowest BCUT2D eigenvalue weighted by molar-refractivity contribution is -0.378. The number of hydrazone groups is 1. The average molecular weight is 221 g/mol. The minimum Gasteiger partial charge on any atom is -0.358 e. The molecule has 78 valence electrons. The van der Waals surface area contributed by atoms with Gasteiger partial charge >= 0.3 is 0 Å². The summed E-state index contributed by atoms with van der Waals surface area (Å²) < 4.78 is 0. The van der Waals surface area contributed by atoms with Gasteiger partial charge in [-0.05, 0) is 12.2 Å². The third-order valence-corrected chi connectivity index (χ3v) is 1.77. The molecule has 0 radical (unpaired) electrons. The van der Waals surface area contributed by atoms with Crippen molar-refractivity contribution in [1.82, 2.24) is 10.7 Å². The summed E-state index contributed by atoms with van der Waals surface area (Å²) in [5, 5.41) is 7.35. The Morgan fingerprint density at radius 2 is 2.27 bits per heavy atom. The van der Waals surface area contributed by atoms with E-state index in [1.165, 1.54) is 0 Å². The van der Waals surface area contributed by atoms with Crippen molar-refractivity contribution in [3.8, 4) is 0 Å². The molecule has 4 nitrogen and oxygen atoms in total. The smallest absolute Gasteiger partial charge is 0.187 e. The van der Waals surface area contributed by atoms with Gasteiger partial charge in [0.15, 0.2) is 17.5 Å². The van der Waals surface area contributed by atoms with Gasteiger partial charge in [-0.1, -0.05) is 6.08 Å². The number of nitrogens with zero attached hydrogens (tertiary/aromatic N) is 1. The second kappa shape index (κ2) is 6.67. The Morgan fingerprint density at radius 3 is 2.93 bits per heavy atom. The highest BCUT2D eigenvalue weighted by Gasteiger charge is 1.89. The lowest BCUT2D eigenvalue weighted by Crippen LogP contribution is -2.31. The minimum absolute atomic E-state index is 0.480. The van der Waals surface area contributed by atoms with Gasteiger partial charge in [0.2, 0.25) is 0 Å². The van der Waals surface area contributed by atoms with Gasteiger partial charge in [0.05, 0.1) is 6.21 Å². The van der Waals surface area contributed by atoms with Crippen molar-refractivity contribution in [2.24, 2.45) is 5.10 Å². The third-order valence-electron chi connectivity index (χ3n) is 1.53. The molecule has 15 heavy (non-hydrogen) atoms. The highest BCUT2D eigenvalue weighted by molar-refractivity contribution is 7.80. The molecule has 5 heteroatoms. The first-order valence-corrected chi connectivity index (χ1v) is 4.87. The van der Waals surface area contributed by atoms with Crippen molar-refractivity contribution in [1.29, 1.82) is 0 Å². The summed E-state index contributed by atoms with van der Waals surface area (Å²) in [4.78, 5) is 2.93. The Kier molecular flexibility index (Phi) is 5.03. The molecule has 0 unspecified atom stereocenters. The van der Waals surface area contributed by atoms with Crippen molar-refractivity contribution < 1.29 is 4.98 Å². The van der Waals surface area contributed by atoms with E-state index < -0.39 is 0 Å². The summed E-state index contributed by atoms with van der Waals surface area (Å²) in [5.74, 6) is 0. The first-order chi connectivity index (χ1) is 7.33. The molecule has 0 fully saturated rings. The summed E-state index contributed by atoms with van der Waals surface area (Å²) in [6.07, 6.45) is 7.08. The van der Waals surface area contributed by atoms with Crippen molar-refractivity contribution in [3.05, 3.63) is 42.7 Å². The van der Waals surface area contributed by atoms with E-state index in [1.54, 1.807) is 12.3 Å². The molecule has 1 heterocycles. The molecule has 0 bridgehead atoms. The molecule has 0 spiro atoms. The zero-order chi connectivity index (χ0) is 10.9. The van der Waals surface area contributed by atoms with Gasteiger partial charge in [-0.2, -0.15) is 5.10 Å². The largest absolute Gasteiger partial charge is 0.358 e. The summed E-state index contributed by atoms with van der Waals surface area (Å²) in [6, 6.07) is 3.82. The number of rotatable bonds is 4. The number of H-pyrrole nitrogens is 1. The molecule has 1 aromatic heterocycles. The van der Waals surface area contributed by atoms with Gasteiger partial charge in [-0.25, -0.2) is 4.98 Å². The van der Waals surface area contributed by atoms with Crippen molar-refractivity contribution in [2.45, 2.75) is 0 Å². The van der Waals surface area contributed by atoms with Gasteiger partial charge in [-0.15, -0.1) is 6.58 Å². The van der Waals surface area contributed by atoms with E-state index in [1.807, 2.05) is 24.5 Å². The lowest BCUT2D eigenvalue weighted by atomic mass is 10.3. The van der Waals surface area contributed by atoms with Gasteiger partial charge in [-0.3, -0.25) is 5.43 Å². The van der Waals surface area contributed by atoms with Crippen LogP contribution in [0, 0.1) is 0 Å². The van der Waals surface area contributed by atoms with Gasteiger partial charge in [0, 0.05) is 24.2 Å². The second-order valence-corrected chi connectivity index (χ2v) is 3.11. The highest BCUT2D eigenvalue weighted by Crippen LogP contribution is 1.87. The molecular weight excluding hydrogens is 208 g/mol. The minimum atomic E-state index is 0.480. The predicted octanol–water partition coefficient (Wildman–Crippen LogP) is 0.485. The molecular formula is C10H13N4S+. The molecule has 0 saturated heterocycles. The number of hydrogen-bond donors (Lipinski definition) is 2. The second-order valence-electron chi connectivity index (χ2n) is 2.70. The van der Waals surface area contributed by atoms with E-state index in [0.717, 1.165) is 5.56 Å². The van der Waals surface area contributed by atoms with Crippen molar-refractivity contribution in [3.63, 3.8) is 0 Å². The van der Waals surface area contributed by atoms with E-state index in [2.05, 4.69) is 27.4 Å². The van der Waals surface area contributed by atoms with E-state index in [4.69, 9.17) is 12.2 Å². The fourth-order valence-corrected chi connectivity index (χ4v) is 0.992. The Balaban J connectivity index is 2.33. The van der Waals surface area contributed by atoms with Crippen LogP contribution in [0.1, 0.15) is 5.56 Å². The molecule has 0 saturated carbocycles. The Labute approximate surface area is 94.1 Å². The van der Waals surface area contributed by atoms with Crippen LogP contribution in [0.5, 0.6) is 0 Å². The highest BCUT2D eigenvalue weighted by atomic mass is 32.1. The van der Waals surface area contributed by atoms with Gasteiger partial charge in [0.25, 0.3) is 0 Å². The SMILES string of the molecule is C=CCNC(=S)NN=Cc1cc[nH+]cc1. The van der Waals surface area contributed by atoms with Crippen molar-refractivity contribution in [2.75, 3.05) is 6.54 Å². The fourth-order valence-electron chi connectivity index (χ4n) is 0.856. The van der Waals surface area contributed by atoms with E-state index in [9.17, 15) is 0 Å². The average Bonchev–Trinajstić information content (AvgIpc) is 2.28. The summed E-state index contributed by atoms with van der Waals surface area (Å²) in [6.45, 7) is 4.20. The normalized spacial score (nSPS) is 9.87. The van der Waals surface area contributed by atoms with Crippen LogP contribution in [0.25, 0.3) is 0 Å². The third kappa shape index (κ3) is 4.87. The van der Waals surface area contributed by atoms with Crippen LogP contribution < -0.4 is 15.7 Å². The summed E-state index contributed by atoms with van der Waals surface area (Å²) in [7, 11) is 0. The summed E-state index contributed by atoms with van der Waals surface area (Å²) >= 11 is 4.94. The molecule has 0 aromatic carbocycles. The number of nitrogens with one attached hydrogen (secondary N) is 3. The predicted molar refractivity (Wildman–Crippen MR) is 64.5 cm³/mol. The Bertz CT molecular complexity index is 348. The maximum Gasteiger partial charge on any atom is 0.187 e. The zero-order valence-corrected chi connectivity index (χ0v) is 9.05. The number of hydrogen-bond acceptors (Lipinski definition) is 2. The van der Waals surface area contributed by atoms with Crippen LogP contribution in [-0.2, 0) is 0 Å². The molecule has 0 amide bonds. The Morgan fingerprint density at radius 1 is 1.53 bits per heavy atom. The Hall–Kier alpha value is -1.75. The first-order valence-electron chi connectivity index (χ1n) is 4.47. The van der Waals surface area contributed by atoms with Crippen LogP contribution in [-0.4, -0.2) is 17.9 Å². The topological polar surface area (TPSA) is 50.6 Å². The molecule has 1 rings (SSSR count). The maximum absolute atomic E-state index is 4.94. The monoisotopic (exact) mass is 221 g/mol. The van der Waals surface area contributed by atoms with Crippen LogP contribution in [0.4, 0.5) is 0 Å². The van der Waals surface area contributed by atoms with Crippen LogP contribution >= 0.6 is 12.2 Å². The standard InChI is InChI=1S/C10H12N4S/c1-2-5-12-10(15)14-13-8-9-3-6-11-7-4-9/h2-4,6-8H,1,5H2,(H2,12,14,15)/p+1. The van der Waals surface area contributed by atoms with Crippen LogP contribution in [0.2, 0.25) is 0 Å². The van der Waals surface area contributed by atoms with Crippen LogP contribution in [0.15, 0.2) is 42.3 Å².